The monoisotopic (exact) mass is 325 g/mol. The summed E-state index contributed by atoms with van der Waals surface area (Å²) in [4.78, 5) is 0.363. The second-order valence-electron chi connectivity index (χ2n) is 4.97. The predicted octanol–water partition coefficient (Wildman–Crippen LogP) is 3.81. The number of hydrogen-bond acceptors (Lipinski definition) is 3. The maximum absolute atomic E-state index is 13.2. The van der Waals surface area contributed by atoms with E-state index in [1.807, 2.05) is 6.07 Å². The Morgan fingerprint density at radius 1 is 1.19 bits per heavy atom. The molecule has 0 radical (unpaired) electrons. The zero-order chi connectivity index (χ0) is 15.0. The Labute approximate surface area is 127 Å². The lowest BCUT2D eigenvalue weighted by atomic mass is 10.0. The maximum Gasteiger partial charge on any atom is 0.178 e. The molecule has 1 unspecified atom stereocenters. The third-order valence-corrected chi connectivity index (χ3v) is 5.67. The van der Waals surface area contributed by atoms with Crippen LogP contribution in [0.4, 0.5) is 10.1 Å². The minimum absolute atomic E-state index is 0.0386. The second-order valence-corrected chi connectivity index (χ2v) is 7.46. The molecule has 0 spiro atoms. The quantitative estimate of drug-likeness (QED) is 0.913. The third kappa shape index (κ3) is 2.76. The molecular formula is C15H13ClFNO2S. The van der Waals surface area contributed by atoms with Crippen LogP contribution in [0.15, 0.2) is 47.4 Å². The normalized spacial score (nSPS) is 19.8. The molecular weight excluding hydrogens is 313 g/mol. The zero-order valence-electron chi connectivity index (χ0n) is 11.0. The van der Waals surface area contributed by atoms with Crippen molar-refractivity contribution >= 4 is 27.1 Å². The van der Waals surface area contributed by atoms with Crippen molar-refractivity contribution in [3.05, 3.63) is 58.9 Å². The van der Waals surface area contributed by atoms with E-state index in [9.17, 15) is 12.8 Å². The van der Waals surface area contributed by atoms with E-state index in [4.69, 9.17) is 11.6 Å². The lowest BCUT2D eigenvalue weighted by Crippen LogP contribution is -2.24. The number of nitrogens with one attached hydrogen (secondary N) is 1. The topological polar surface area (TPSA) is 46.2 Å². The zero-order valence-corrected chi connectivity index (χ0v) is 12.6. The summed E-state index contributed by atoms with van der Waals surface area (Å²) in [5.41, 5.74) is 1.41. The molecule has 2 aromatic rings. The third-order valence-electron chi connectivity index (χ3n) is 3.57. The van der Waals surface area contributed by atoms with Crippen LogP contribution in [0.2, 0.25) is 5.02 Å². The molecule has 0 amide bonds. The Hall–Kier alpha value is -1.59. The van der Waals surface area contributed by atoms with Crippen LogP contribution in [-0.4, -0.2) is 14.2 Å². The average molecular weight is 326 g/mol. The number of fused-ring (bicyclic) bond motifs is 1. The van der Waals surface area contributed by atoms with E-state index in [0.717, 1.165) is 5.56 Å². The number of hydrogen-bond donors (Lipinski definition) is 1. The van der Waals surface area contributed by atoms with E-state index in [1.54, 1.807) is 24.3 Å². The van der Waals surface area contributed by atoms with Crippen LogP contribution in [0.5, 0.6) is 0 Å². The first-order valence-electron chi connectivity index (χ1n) is 6.51. The molecule has 1 heterocycles. The lowest BCUT2D eigenvalue weighted by Gasteiger charge is -2.27. The first kappa shape index (κ1) is 14.4. The molecule has 1 atom stereocenters. The summed E-state index contributed by atoms with van der Waals surface area (Å²) in [5, 5.41) is 3.27. The van der Waals surface area contributed by atoms with Gasteiger partial charge in [0.2, 0.25) is 0 Å². The van der Waals surface area contributed by atoms with E-state index >= 15 is 0 Å². The molecule has 1 aliphatic rings. The molecule has 0 saturated heterocycles. The number of anilines is 1. The number of halogens is 2. The van der Waals surface area contributed by atoms with Crippen LogP contribution in [0.1, 0.15) is 18.0 Å². The molecule has 3 nitrogen and oxygen atoms in total. The molecule has 0 aliphatic carbocycles. The fraction of sp³-hybridized carbons (Fsp3) is 0.200. The molecule has 2 aromatic carbocycles. The minimum Gasteiger partial charge on any atom is -0.378 e. The summed E-state index contributed by atoms with van der Waals surface area (Å²) in [7, 11) is -3.21. The standard InChI is InChI=1S/C15H13ClFNO2S/c16-12-9-10(5-6-13(12)17)18-14-7-8-21(19,20)15-4-2-1-3-11(14)15/h1-6,9,14,18H,7-8H2. The van der Waals surface area contributed by atoms with Gasteiger partial charge in [-0.05, 0) is 36.2 Å². The Kier molecular flexibility index (Phi) is 3.63. The van der Waals surface area contributed by atoms with E-state index in [2.05, 4.69) is 5.32 Å². The van der Waals surface area contributed by atoms with Crippen molar-refractivity contribution in [1.29, 1.82) is 0 Å². The summed E-state index contributed by atoms with van der Waals surface area (Å²) in [6.45, 7) is 0. The molecule has 0 aromatic heterocycles. The van der Waals surface area contributed by atoms with Crippen LogP contribution in [0.25, 0.3) is 0 Å². The van der Waals surface area contributed by atoms with Crippen molar-refractivity contribution in [2.75, 3.05) is 11.1 Å². The second kappa shape index (κ2) is 5.31. The van der Waals surface area contributed by atoms with Gasteiger partial charge in [0.15, 0.2) is 9.84 Å². The minimum atomic E-state index is -3.21. The Bertz CT molecular complexity index is 792. The van der Waals surface area contributed by atoms with Gasteiger partial charge < -0.3 is 5.32 Å². The smallest absolute Gasteiger partial charge is 0.178 e. The van der Waals surface area contributed by atoms with Gasteiger partial charge in [-0.2, -0.15) is 0 Å². The molecule has 6 heteroatoms. The van der Waals surface area contributed by atoms with Gasteiger partial charge in [-0.3, -0.25) is 0 Å². The van der Waals surface area contributed by atoms with Crippen molar-refractivity contribution in [3.63, 3.8) is 0 Å². The van der Waals surface area contributed by atoms with Crippen molar-refractivity contribution in [1.82, 2.24) is 0 Å². The largest absolute Gasteiger partial charge is 0.378 e. The number of rotatable bonds is 2. The molecule has 0 bridgehead atoms. The van der Waals surface area contributed by atoms with E-state index in [-0.39, 0.29) is 16.8 Å². The van der Waals surface area contributed by atoms with Crippen molar-refractivity contribution in [2.45, 2.75) is 17.4 Å². The van der Waals surface area contributed by atoms with E-state index in [1.165, 1.54) is 12.1 Å². The fourth-order valence-electron chi connectivity index (χ4n) is 2.53. The SMILES string of the molecule is O=S1(=O)CCC(Nc2ccc(F)c(Cl)c2)c2ccccc21. The average Bonchev–Trinajstić information content (AvgIpc) is 2.46. The summed E-state index contributed by atoms with van der Waals surface area (Å²) in [5.74, 6) is -0.384. The summed E-state index contributed by atoms with van der Waals surface area (Å²) in [6, 6.07) is 11.2. The maximum atomic E-state index is 13.2. The molecule has 0 fully saturated rings. The van der Waals surface area contributed by atoms with Crippen molar-refractivity contribution in [3.8, 4) is 0 Å². The molecule has 21 heavy (non-hydrogen) atoms. The highest BCUT2D eigenvalue weighted by molar-refractivity contribution is 7.91. The molecule has 1 aliphatic heterocycles. The Morgan fingerprint density at radius 3 is 2.71 bits per heavy atom. The molecule has 110 valence electrons. The summed E-state index contributed by atoms with van der Waals surface area (Å²) >= 11 is 5.77. The van der Waals surface area contributed by atoms with Gasteiger partial charge in [0.05, 0.1) is 21.7 Å². The van der Waals surface area contributed by atoms with Crippen LogP contribution >= 0.6 is 11.6 Å². The molecule has 0 saturated carbocycles. The van der Waals surface area contributed by atoms with Crippen LogP contribution < -0.4 is 5.32 Å². The highest BCUT2D eigenvalue weighted by Gasteiger charge is 2.29. The summed E-state index contributed by atoms with van der Waals surface area (Å²) < 4.78 is 37.3. The van der Waals surface area contributed by atoms with Crippen molar-refractivity contribution in [2.24, 2.45) is 0 Å². The van der Waals surface area contributed by atoms with Gasteiger partial charge in [0, 0.05) is 5.69 Å². The van der Waals surface area contributed by atoms with Crippen LogP contribution in [0.3, 0.4) is 0 Å². The molecule has 1 N–H and O–H groups in total. The Balaban J connectivity index is 1.95. The van der Waals surface area contributed by atoms with Gasteiger partial charge in [0.1, 0.15) is 5.82 Å². The highest BCUT2D eigenvalue weighted by atomic mass is 35.5. The lowest BCUT2D eigenvalue weighted by molar-refractivity contribution is 0.576. The number of benzene rings is 2. The predicted molar refractivity (Wildman–Crippen MR) is 80.9 cm³/mol. The molecule has 3 rings (SSSR count). The fourth-order valence-corrected chi connectivity index (χ4v) is 4.33. The van der Waals surface area contributed by atoms with Gasteiger partial charge in [-0.25, -0.2) is 12.8 Å². The van der Waals surface area contributed by atoms with E-state index in [0.29, 0.717) is 17.0 Å². The van der Waals surface area contributed by atoms with Crippen LogP contribution in [0, 0.1) is 5.82 Å². The van der Waals surface area contributed by atoms with Crippen LogP contribution in [-0.2, 0) is 9.84 Å². The van der Waals surface area contributed by atoms with Gasteiger partial charge >= 0.3 is 0 Å². The van der Waals surface area contributed by atoms with Crippen molar-refractivity contribution < 1.29 is 12.8 Å². The highest BCUT2D eigenvalue weighted by Crippen LogP contribution is 2.34. The van der Waals surface area contributed by atoms with Gasteiger partial charge in [-0.1, -0.05) is 29.8 Å². The van der Waals surface area contributed by atoms with E-state index < -0.39 is 15.7 Å². The first-order chi connectivity index (χ1) is 9.97. The van der Waals surface area contributed by atoms with Gasteiger partial charge in [0.25, 0.3) is 0 Å². The number of sulfone groups is 1. The Morgan fingerprint density at radius 2 is 1.95 bits per heavy atom. The summed E-state index contributed by atoms with van der Waals surface area (Å²) in [6.07, 6.45) is 0.467. The first-order valence-corrected chi connectivity index (χ1v) is 8.54. The van der Waals surface area contributed by atoms with Gasteiger partial charge in [-0.15, -0.1) is 0 Å².